The monoisotopic (exact) mass is 344 g/mol. The number of carbonyl (C=O) groups is 1. The molecule has 24 heavy (non-hydrogen) atoms. The summed E-state index contributed by atoms with van der Waals surface area (Å²) in [5, 5.41) is 0.820. The maximum absolute atomic E-state index is 14.1. The number of hydrogen-bond donors (Lipinski definition) is 0. The normalized spacial score (nSPS) is 12.2. The van der Waals surface area contributed by atoms with Crippen LogP contribution in [-0.4, -0.2) is 29.9 Å². The average Bonchev–Trinajstić information content (AvgIpc) is 3.03. The fraction of sp³-hybridized carbons (Fsp3) is 0.222. The summed E-state index contributed by atoms with van der Waals surface area (Å²) in [5.41, 5.74) is 0.923. The molecule has 1 heterocycles. The van der Waals surface area contributed by atoms with Gasteiger partial charge in [-0.05, 0) is 31.2 Å². The number of nitrogens with zero attached hydrogens (tertiary/aromatic N) is 2. The van der Waals surface area contributed by atoms with E-state index >= 15 is 0 Å². The van der Waals surface area contributed by atoms with E-state index in [9.17, 15) is 9.18 Å². The van der Waals surface area contributed by atoms with Crippen LogP contribution in [0.15, 0.2) is 42.5 Å². The highest BCUT2D eigenvalue weighted by molar-refractivity contribution is 7.18. The van der Waals surface area contributed by atoms with Crippen molar-refractivity contribution < 1.29 is 13.9 Å². The second-order valence-corrected chi connectivity index (χ2v) is 6.52. The Morgan fingerprint density at radius 3 is 2.71 bits per heavy atom. The molecule has 4 nitrogen and oxygen atoms in total. The molecule has 0 aliphatic rings. The van der Waals surface area contributed by atoms with Crippen LogP contribution < -0.4 is 4.74 Å². The minimum absolute atomic E-state index is 0.0197. The number of halogens is 1. The topological polar surface area (TPSA) is 42.4 Å². The van der Waals surface area contributed by atoms with Crippen molar-refractivity contribution in [2.75, 3.05) is 14.2 Å². The summed E-state index contributed by atoms with van der Waals surface area (Å²) in [7, 11) is 3.11. The number of amides is 1. The Hall–Kier alpha value is -2.47. The molecule has 0 bridgehead atoms. The Kier molecular flexibility index (Phi) is 4.49. The van der Waals surface area contributed by atoms with Crippen LogP contribution in [-0.2, 0) is 0 Å². The average molecular weight is 344 g/mol. The highest BCUT2D eigenvalue weighted by Crippen LogP contribution is 2.30. The van der Waals surface area contributed by atoms with Crippen molar-refractivity contribution in [3.05, 3.63) is 58.9 Å². The van der Waals surface area contributed by atoms with E-state index < -0.39 is 5.82 Å². The molecule has 124 valence electrons. The zero-order valence-corrected chi connectivity index (χ0v) is 14.4. The standard InChI is InChI=1S/C18H17FN2O2S/c1-11(17-20-15-6-4-5-7-16(15)24-17)21(2)18(22)13-9-8-12(23-3)10-14(13)19/h4-11H,1-3H3/t11-/m0/s1. The Morgan fingerprint density at radius 1 is 1.29 bits per heavy atom. The van der Waals surface area contributed by atoms with Crippen LogP contribution in [0.25, 0.3) is 10.2 Å². The SMILES string of the molecule is COc1ccc(C(=O)N(C)[C@@H](C)c2nc3ccccc3s2)c(F)c1. The number of rotatable bonds is 4. The molecule has 0 spiro atoms. The molecule has 1 atom stereocenters. The van der Waals surface area contributed by atoms with Crippen LogP contribution in [0.4, 0.5) is 4.39 Å². The van der Waals surface area contributed by atoms with Crippen LogP contribution in [0.2, 0.25) is 0 Å². The smallest absolute Gasteiger partial charge is 0.257 e. The molecule has 0 N–H and O–H groups in total. The number of thiazole rings is 1. The second kappa shape index (κ2) is 6.57. The van der Waals surface area contributed by atoms with Crippen LogP contribution in [0.3, 0.4) is 0 Å². The number of para-hydroxylation sites is 1. The fourth-order valence-corrected chi connectivity index (χ4v) is 3.46. The molecule has 3 rings (SSSR count). The number of methoxy groups -OCH3 is 1. The predicted octanol–water partition coefficient (Wildman–Crippen LogP) is 4.28. The van der Waals surface area contributed by atoms with E-state index in [1.165, 1.54) is 35.5 Å². The first-order valence-electron chi connectivity index (χ1n) is 7.47. The van der Waals surface area contributed by atoms with Gasteiger partial charge in [0.2, 0.25) is 0 Å². The van der Waals surface area contributed by atoms with Gasteiger partial charge in [-0.15, -0.1) is 11.3 Å². The summed E-state index contributed by atoms with van der Waals surface area (Å²) in [6.07, 6.45) is 0. The van der Waals surface area contributed by atoms with Crippen molar-refractivity contribution in [2.45, 2.75) is 13.0 Å². The highest BCUT2D eigenvalue weighted by atomic mass is 32.1. The minimum Gasteiger partial charge on any atom is -0.497 e. The lowest BCUT2D eigenvalue weighted by Crippen LogP contribution is -2.30. The van der Waals surface area contributed by atoms with Gasteiger partial charge in [-0.3, -0.25) is 4.79 Å². The highest BCUT2D eigenvalue weighted by Gasteiger charge is 2.24. The number of ether oxygens (including phenoxy) is 1. The van der Waals surface area contributed by atoms with Crippen LogP contribution in [0.1, 0.15) is 28.3 Å². The zero-order chi connectivity index (χ0) is 17.3. The molecule has 0 saturated heterocycles. The van der Waals surface area contributed by atoms with Crippen LogP contribution >= 0.6 is 11.3 Å². The molecule has 0 radical (unpaired) electrons. The maximum Gasteiger partial charge on any atom is 0.257 e. The second-order valence-electron chi connectivity index (χ2n) is 5.46. The van der Waals surface area contributed by atoms with E-state index in [1.54, 1.807) is 13.1 Å². The summed E-state index contributed by atoms with van der Waals surface area (Å²) in [6.45, 7) is 1.89. The lowest BCUT2D eigenvalue weighted by Gasteiger charge is -2.23. The quantitative estimate of drug-likeness (QED) is 0.709. The Balaban J connectivity index is 1.87. The van der Waals surface area contributed by atoms with E-state index in [2.05, 4.69) is 4.98 Å². The molecule has 3 aromatic rings. The summed E-state index contributed by atoms with van der Waals surface area (Å²) >= 11 is 1.54. The molecular weight excluding hydrogens is 327 g/mol. The molecule has 0 aliphatic heterocycles. The molecule has 6 heteroatoms. The third kappa shape index (κ3) is 2.97. The van der Waals surface area contributed by atoms with Gasteiger partial charge in [-0.1, -0.05) is 12.1 Å². The van der Waals surface area contributed by atoms with Crippen molar-refractivity contribution in [3.63, 3.8) is 0 Å². The minimum atomic E-state index is -0.595. The molecule has 0 aliphatic carbocycles. The summed E-state index contributed by atoms with van der Waals surface area (Å²) in [4.78, 5) is 18.7. The summed E-state index contributed by atoms with van der Waals surface area (Å²) in [5.74, 6) is -0.601. The van der Waals surface area contributed by atoms with E-state index in [-0.39, 0.29) is 17.5 Å². The van der Waals surface area contributed by atoms with Gasteiger partial charge in [0.05, 0.1) is 28.9 Å². The van der Waals surface area contributed by atoms with Gasteiger partial charge in [0.1, 0.15) is 16.6 Å². The first-order valence-corrected chi connectivity index (χ1v) is 8.29. The molecule has 0 saturated carbocycles. The zero-order valence-electron chi connectivity index (χ0n) is 13.6. The van der Waals surface area contributed by atoms with E-state index in [4.69, 9.17) is 4.74 Å². The van der Waals surface area contributed by atoms with Crippen molar-refractivity contribution in [1.82, 2.24) is 9.88 Å². The third-order valence-corrected chi connectivity index (χ3v) is 5.18. The van der Waals surface area contributed by atoms with Crippen LogP contribution in [0, 0.1) is 5.82 Å². The van der Waals surface area contributed by atoms with Gasteiger partial charge in [-0.25, -0.2) is 9.37 Å². The number of aromatic nitrogens is 1. The number of hydrogen-bond acceptors (Lipinski definition) is 4. The Morgan fingerprint density at radius 2 is 2.04 bits per heavy atom. The van der Waals surface area contributed by atoms with Gasteiger partial charge < -0.3 is 9.64 Å². The van der Waals surface area contributed by atoms with Gasteiger partial charge in [0.25, 0.3) is 5.91 Å². The van der Waals surface area contributed by atoms with E-state index in [0.29, 0.717) is 5.75 Å². The van der Waals surface area contributed by atoms with Crippen LogP contribution in [0.5, 0.6) is 5.75 Å². The molecule has 0 unspecified atom stereocenters. The first kappa shape index (κ1) is 16.4. The predicted molar refractivity (Wildman–Crippen MR) is 93.1 cm³/mol. The van der Waals surface area contributed by atoms with Crippen molar-refractivity contribution >= 4 is 27.5 Å². The first-order chi connectivity index (χ1) is 11.5. The van der Waals surface area contributed by atoms with Gasteiger partial charge in [0.15, 0.2) is 0 Å². The Bertz CT molecular complexity index is 861. The Labute approximate surface area is 143 Å². The lowest BCUT2D eigenvalue weighted by molar-refractivity contribution is 0.0737. The molecule has 2 aromatic carbocycles. The lowest BCUT2D eigenvalue weighted by atomic mass is 10.1. The summed E-state index contributed by atoms with van der Waals surface area (Å²) < 4.78 is 20.2. The van der Waals surface area contributed by atoms with Crippen molar-refractivity contribution in [1.29, 1.82) is 0 Å². The fourth-order valence-electron chi connectivity index (χ4n) is 2.40. The van der Waals surface area contributed by atoms with Gasteiger partial charge in [0, 0.05) is 13.1 Å². The molecular formula is C18H17FN2O2S. The van der Waals surface area contributed by atoms with E-state index in [1.807, 2.05) is 31.2 Å². The maximum atomic E-state index is 14.1. The van der Waals surface area contributed by atoms with Crippen molar-refractivity contribution in [3.8, 4) is 5.75 Å². The summed E-state index contributed by atoms with van der Waals surface area (Å²) in [6, 6.07) is 11.8. The van der Waals surface area contributed by atoms with E-state index in [0.717, 1.165) is 15.2 Å². The van der Waals surface area contributed by atoms with Gasteiger partial charge in [-0.2, -0.15) is 0 Å². The molecule has 0 fully saturated rings. The van der Waals surface area contributed by atoms with Crippen molar-refractivity contribution in [2.24, 2.45) is 0 Å². The molecule has 1 amide bonds. The number of carbonyl (C=O) groups excluding carboxylic acids is 1. The molecule has 1 aromatic heterocycles. The number of benzene rings is 2. The largest absolute Gasteiger partial charge is 0.497 e. The third-order valence-electron chi connectivity index (χ3n) is 3.98. The number of fused-ring (bicyclic) bond motifs is 1. The van der Waals surface area contributed by atoms with Gasteiger partial charge >= 0.3 is 0 Å².